The molecule has 1 aromatic carbocycles. The van der Waals surface area contributed by atoms with Crippen LogP contribution in [0.4, 0.5) is 0 Å². The number of carbonyl (C=O) groups is 1. The molecule has 0 aliphatic rings. The topological polar surface area (TPSA) is 85.0 Å². The molecule has 0 spiro atoms. The van der Waals surface area contributed by atoms with Gasteiger partial charge in [0.05, 0.1) is 5.39 Å². The number of fused-ring (bicyclic) bond motifs is 1. The zero-order chi connectivity index (χ0) is 16.1. The highest BCUT2D eigenvalue weighted by molar-refractivity contribution is 6.02. The number of aromatic nitrogens is 2. The van der Waals surface area contributed by atoms with Gasteiger partial charge in [0.2, 0.25) is 0 Å². The highest BCUT2D eigenvalue weighted by Crippen LogP contribution is 2.15. The second kappa shape index (κ2) is 6.85. The Bertz CT molecular complexity index is 789. The van der Waals surface area contributed by atoms with Crippen molar-refractivity contribution in [2.75, 3.05) is 0 Å². The largest absolute Gasteiger partial charge is 0.442 e. The van der Waals surface area contributed by atoms with Crippen molar-refractivity contribution >= 4 is 16.7 Å². The molecule has 1 heterocycles. The van der Waals surface area contributed by atoms with Gasteiger partial charge in [0.25, 0.3) is 5.56 Å². The molecule has 2 aromatic rings. The molecule has 0 N–H and O–H groups in total. The van der Waals surface area contributed by atoms with Crippen LogP contribution in [-0.4, -0.2) is 21.9 Å². The molecule has 0 fully saturated rings. The Morgan fingerprint density at radius 2 is 2.09 bits per heavy atom. The van der Waals surface area contributed by atoms with E-state index in [9.17, 15) is 9.59 Å². The van der Waals surface area contributed by atoms with Crippen LogP contribution in [0.1, 0.15) is 37.2 Å². The Balaban J connectivity index is 2.57. The van der Waals surface area contributed by atoms with Crippen molar-refractivity contribution in [3.8, 4) is 6.07 Å². The van der Waals surface area contributed by atoms with Crippen LogP contribution in [0.2, 0.25) is 0 Å². The van der Waals surface area contributed by atoms with Crippen LogP contribution in [0.5, 0.6) is 0 Å². The molecule has 114 valence electrons. The van der Waals surface area contributed by atoms with E-state index in [4.69, 9.17) is 10.00 Å². The van der Waals surface area contributed by atoms with E-state index in [0.29, 0.717) is 17.3 Å². The normalized spacial score (nSPS) is 11.9. The van der Waals surface area contributed by atoms with Gasteiger partial charge in [-0.25, -0.2) is 9.48 Å². The molecule has 6 heteroatoms. The Labute approximate surface area is 127 Å². The number of hydrogen-bond acceptors (Lipinski definition) is 5. The van der Waals surface area contributed by atoms with Crippen LogP contribution in [-0.2, 0) is 11.3 Å². The lowest BCUT2D eigenvalue weighted by Gasteiger charge is -2.11. The van der Waals surface area contributed by atoms with Crippen molar-refractivity contribution < 1.29 is 9.53 Å². The van der Waals surface area contributed by atoms with E-state index in [1.165, 1.54) is 11.6 Å². The molecule has 0 aliphatic carbocycles. The SMILES string of the molecule is CCCCn1nc(C(=O)O[C@H](C)C#N)c2ccccc2c1=O. The number of ether oxygens (including phenoxy) is 1. The van der Waals surface area contributed by atoms with Gasteiger partial charge in [-0.2, -0.15) is 10.4 Å². The Kier molecular flexibility index (Phi) is 4.89. The average Bonchev–Trinajstić information content (AvgIpc) is 2.54. The Morgan fingerprint density at radius 3 is 2.73 bits per heavy atom. The number of hydrogen-bond donors (Lipinski definition) is 0. The van der Waals surface area contributed by atoms with E-state index in [2.05, 4.69) is 5.10 Å². The second-order valence-electron chi connectivity index (χ2n) is 4.95. The van der Waals surface area contributed by atoms with Crippen LogP contribution >= 0.6 is 0 Å². The molecular formula is C16H17N3O3. The standard InChI is InChI=1S/C16H17N3O3/c1-3-4-9-19-15(20)13-8-6-5-7-12(13)14(18-19)16(21)22-11(2)10-17/h5-8,11H,3-4,9H2,1-2H3/t11-/m1/s1. The van der Waals surface area contributed by atoms with Gasteiger partial charge in [0.15, 0.2) is 11.8 Å². The summed E-state index contributed by atoms with van der Waals surface area (Å²) in [6.07, 6.45) is 0.824. The van der Waals surface area contributed by atoms with Crippen molar-refractivity contribution in [2.24, 2.45) is 0 Å². The fourth-order valence-electron chi connectivity index (χ4n) is 2.09. The summed E-state index contributed by atoms with van der Waals surface area (Å²) in [5, 5.41) is 13.8. The first-order valence-corrected chi connectivity index (χ1v) is 7.19. The predicted octanol–water partition coefficient (Wildman–Crippen LogP) is 2.27. The molecule has 1 aromatic heterocycles. The maximum Gasteiger partial charge on any atom is 0.360 e. The van der Waals surface area contributed by atoms with Crippen molar-refractivity contribution in [1.29, 1.82) is 5.26 Å². The minimum atomic E-state index is -0.871. The van der Waals surface area contributed by atoms with E-state index in [0.717, 1.165) is 12.8 Å². The molecule has 1 atom stereocenters. The molecule has 0 radical (unpaired) electrons. The molecule has 0 amide bonds. The number of benzene rings is 1. The number of nitrogens with zero attached hydrogens (tertiary/aromatic N) is 3. The summed E-state index contributed by atoms with van der Waals surface area (Å²) in [5.41, 5.74) is -0.165. The molecule has 0 saturated carbocycles. The lowest BCUT2D eigenvalue weighted by molar-refractivity contribution is 0.0428. The van der Waals surface area contributed by atoms with E-state index < -0.39 is 12.1 Å². The third kappa shape index (κ3) is 3.14. The lowest BCUT2D eigenvalue weighted by atomic mass is 10.1. The average molecular weight is 299 g/mol. The summed E-state index contributed by atoms with van der Waals surface area (Å²) in [5.74, 6) is -0.699. The monoisotopic (exact) mass is 299 g/mol. The van der Waals surface area contributed by atoms with Crippen molar-refractivity contribution in [3.05, 3.63) is 40.3 Å². The van der Waals surface area contributed by atoms with E-state index >= 15 is 0 Å². The number of carbonyl (C=O) groups excluding carboxylic acids is 1. The van der Waals surface area contributed by atoms with Gasteiger partial charge in [-0.3, -0.25) is 4.79 Å². The van der Waals surface area contributed by atoms with Gasteiger partial charge in [-0.1, -0.05) is 31.5 Å². The summed E-state index contributed by atoms with van der Waals surface area (Å²) < 4.78 is 6.31. The zero-order valence-corrected chi connectivity index (χ0v) is 12.6. The summed E-state index contributed by atoms with van der Waals surface area (Å²) in [6.45, 7) is 3.93. The number of unbranched alkanes of at least 4 members (excludes halogenated alkanes) is 1. The highest BCUT2D eigenvalue weighted by Gasteiger charge is 2.19. The first-order valence-electron chi connectivity index (χ1n) is 7.19. The summed E-state index contributed by atoms with van der Waals surface area (Å²) in [4.78, 5) is 24.6. The number of esters is 1. The van der Waals surface area contributed by atoms with Crippen LogP contribution in [0.25, 0.3) is 10.8 Å². The zero-order valence-electron chi connectivity index (χ0n) is 12.6. The van der Waals surface area contributed by atoms with E-state index in [1.807, 2.05) is 13.0 Å². The lowest BCUT2D eigenvalue weighted by Crippen LogP contribution is -2.27. The minimum absolute atomic E-state index is 0.0633. The number of rotatable bonds is 5. The quantitative estimate of drug-likeness (QED) is 0.791. The first kappa shape index (κ1) is 15.7. The molecule has 2 rings (SSSR count). The van der Waals surface area contributed by atoms with Crippen LogP contribution < -0.4 is 5.56 Å². The van der Waals surface area contributed by atoms with Crippen LogP contribution in [0.3, 0.4) is 0 Å². The predicted molar refractivity (Wildman–Crippen MR) is 81.4 cm³/mol. The molecule has 0 saturated heterocycles. The third-order valence-corrected chi connectivity index (χ3v) is 3.25. The van der Waals surface area contributed by atoms with Gasteiger partial charge in [0.1, 0.15) is 6.07 Å². The van der Waals surface area contributed by atoms with Gasteiger partial charge < -0.3 is 4.74 Å². The molecule has 22 heavy (non-hydrogen) atoms. The number of nitriles is 1. The molecule has 0 bridgehead atoms. The smallest absolute Gasteiger partial charge is 0.360 e. The number of aryl methyl sites for hydroxylation is 1. The van der Waals surface area contributed by atoms with Crippen LogP contribution in [0.15, 0.2) is 29.1 Å². The van der Waals surface area contributed by atoms with Crippen molar-refractivity contribution in [1.82, 2.24) is 9.78 Å². The van der Waals surface area contributed by atoms with Crippen molar-refractivity contribution in [3.63, 3.8) is 0 Å². The van der Waals surface area contributed by atoms with Crippen molar-refractivity contribution in [2.45, 2.75) is 39.3 Å². The summed E-state index contributed by atoms with van der Waals surface area (Å²) >= 11 is 0. The summed E-state index contributed by atoms with van der Waals surface area (Å²) in [7, 11) is 0. The second-order valence-corrected chi connectivity index (χ2v) is 4.95. The molecular weight excluding hydrogens is 282 g/mol. The maximum atomic E-state index is 12.4. The Morgan fingerprint density at radius 1 is 1.41 bits per heavy atom. The molecule has 6 nitrogen and oxygen atoms in total. The molecule has 0 aliphatic heterocycles. The Hall–Kier alpha value is -2.68. The van der Waals surface area contributed by atoms with Gasteiger partial charge in [-0.05, 0) is 19.4 Å². The first-order chi connectivity index (χ1) is 10.6. The van der Waals surface area contributed by atoms with E-state index in [1.54, 1.807) is 24.3 Å². The maximum absolute atomic E-state index is 12.4. The minimum Gasteiger partial charge on any atom is -0.442 e. The van der Waals surface area contributed by atoms with Gasteiger partial charge in [-0.15, -0.1) is 0 Å². The van der Waals surface area contributed by atoms with E-state index in [-0.39, 0.29) is 11.3 Å². The summed E-state index contributed by atoms with van der Waals surface area (Å²) in [6, 6.07) is 8.61. The van der Waals surface area contributed by atoms with Gasteiger partial charge >= 0.3 is 5.97 Å². The van der Waals surface area contributed by atoms with Gasteiger partial charge in [0, 0.05) is 11.9 Å². The van der Waals surface area contributed by atoms with Crippen LogP contribution in [0, 0.1) is 11.3 Å². The highest BCUT2D eigenvalue weighted by atomic mass is 16.5. The fraction of sp³-hybridized carbons (Fsp3) is 0.375. The third-order valence-electron chi connectivity index (χ3n) is 3.25. The molecule has 0 unspecified atom stereocenters. The fourth-order valence-corrected chi connectivity index (χ4v) is 2.09.